The monoisotopic (exact) mass is 593 g/mol. The van der Waals surface area contributed by atoms with Gasteiger partial charge in [0.2, 0.25) is 0 Å². The van der Waals surface area contributed by atoms with Gasteiger partial charge in [0.1, 0.15) is 17.3 Å². The van der Waals surface area contributed by atoms with Crippen molar-refractivity contribution in [1.29, 1.82) is 0 Å². The zero-order valence-electron chi connectivity index (χ0n) is 21.0. The third-order valence-corrected chi connectivity index (χ3v) is 8.37. The molecule has 1 spiro atoms. The summed E-state index contributed by atoms with van der Waals surface area (Å²) in [5.74, 6) is -0.374. The van der Waals surface area contributed by atoms with Gasteiger partial charge in [0.05, 0.1) is 27.2 Å². The third-order valence-electron chi connectivity index (χ3n) is 7.14. The quantitative estimate of drug-likeness (QED) is 0.259. The SMILES string of the molecule is O=C1NC2(Oc3ccccc3C3CC(c4ccccc4)=NN32)/C(=C/c2ccc(-c3cc(C(F)(F)F)ccc3Cl)o2)S1. The molecule has 2 unspecified atom stereocenters. The molecule has 206 valence electrons. The van der Waals surface area contributed by atoms with Crippen molar-refractivity contribution in [3.63, 3.8) is 0 Å². The van der Waals surface area contributed by atoms with Crippen LogP contribution in [0.5, 0.6) is 5.75 Å². The number of para-hydroxylation sites is 1. The minimum Gasteiger partial charge on any atom is -0.457 e. The molecule has 0 bridgehead atoms. The number of nitrogens with zero attached hydrogens (tertiary/aromatic N) is 2. The van der Waals surface area contributed by atoms with Crippen LogP contribution in [-0.4, -0.2) is 21.8 Å². The van der Waals surface area contributed by atoms with E-state index in [0.29, 0.717) is 22.8 Å². The number of alkyl halides is 3. The van der Waals surface area contributed by atoms with Crippen molar-refractivity contribution in [3.05, 3.63) is 117 Å². The van der Waals surface area contributed by atoms with Crippen molar-refractivity contribution in [2.45, 2.75) is 24.5 Å². The number of hydrogen-bond donors (Lipinski definition) is 1. The van der Waals surface area contributed by atoms with Gasteiger partial charge in [0.25, 0.3) is 5.24 Å². The van der Waals surface area contributed by atoms with Crippen molar-refractivity contribution >= 4 is 40.4 Å². The topological polar surface area (TPSA) is 67.1 Å². The lowest BCUT2D eigenvalue weighted by molar-refractivity contribution is -0.137. The molecule has 3 aliphatic rings. The number of furan rings is 1. The first kappa shape index (κ1) is 25.8. The number of fused-ring (bicyclic) bond motifs is 4. The molecule has 6 nitrogen and oxygen atoms in total. The Kier molecular flexibility index (Phi) is 5.95. The summed E-state index contributed by atoms with van der Waals surface area (Å²) < 4.78 is 52.4. The molecular formula is C30H19ClF3N3O3S. The fourth-order valence-electron chi connectivity index (χ4n) is 5.27. The van der Waals surface area contributed by atoms with Crippen molar-refractivity contribution in [2.24, 2.45) is 5.10 Å². The molecule has 3 aliphatic heterocycles. The van der Waals surface area contributed by atoms with Crippen LogP contribution in [0.25, 0.3) is 17.4 Å². The van der Waals surface area contributed by atoms with Gasteiger partial charge in [-0.3, -0.25) is 10.1 Å². The maximum absolute atomic E-state index is 13.3. The number of carbonyl (C=O) groups is 1. The van der Waals surface area contributed by atoms with Crippen molar-refractivity contribution in [3.8, 4) is 17.1 Å². The average Bonchev–Trinajstić information content (AvgIpc) is 3.68. The van der Waals surface area contributed by atoms with Gasteiger partial charge in [-0.1, -0.05) is 60.1 Å². The second-order valence-corrected chi connectivity index (χ2v) is 11.1. The number of amides is 1. The molecule has 1 fully saturated rings. The Hall–Kier alpha value is -4.15. The molecular weight excluding hydrogens is 575 g/mol. The molecule has 4 heterocycles. The van der Waals surface area contributed by atoms with E-state index in [1.807, 2.05) is 54.6 Å². The lowest BCUT2D eigenvalue weighted by Gasteiger charge is -2.44. The van der Waals surface area contributed by atoms with Gasteiger partial charge in [-0.2, -0.15) is 18.3 Å². The second kappa shape index (κ2) is 9.46. The van der Waals surface area contributed by atoms with Gasteiger partial charge in [0.15, 0.2) is 0 Å². The van der Waals surface area contributed by atoms with Crippen LogP contribution in [0, 0.1) is 0 Å². The van der Waals surface area contributed by atoms with Gasteiger partial charge in [-0.25, -0.2) is 5.01 Å². The van der Waals surface area contributed by atoms with E-state index in [1.54, 1.807) is 17.2 Å². The van der Waals surface area contributed by atoms with Crippen LogP contribution in [0.1, 0.15) is 34.9 Å². The minimum atomic E-state index is -4.53. The predicted molar refractivity (Wildman–Crippen MR) is 150 cm³/mol. The highest BCUT2D eigenvalue weighted by Crippen LogP contribution is 2.53. The Balaban J connectivity index is 1.31. The van der Waals surface area contributed by atoms with E-state index in [4.69, 9.17) is 25.9 Å². The Morgan fingerprint density at radius 3 is 2.63 bits per heavy atom. The number of hydrazone groups is 1. The Labute approximate surface area is 241 Å². The molecule has 1 N–H and O–H groups in total. The Morgan fingerprint density at radius 1 is 1.05 bits per heavy atom. The van der Waals surface area contributed by atoms with Crippen LogP contribution in [0.3, 0.4) is 0 Å². The highest BCUT2D eigenvalue weighted by atomic mass is 35.5. The van der Waals surface area contributed by atoms with Gasteiger partial charge >= 0.3 is 12.0 Å². The largest absolute Gasteiger partial charge is 0.457 e. The molecule has 11 heteroatoms. The maximum atomic E-state index is 13.3. The molecule has 1 aromatic heterocycles. The van der Waals surface area contributed by atoms with E-state index < -0.39 is 17.6 Å². The molecule has 0 radical (unpaired) electrons. The summed E-state index contributed by atoms with van der Waals surface area (Å²) >= 11 is 7.17. The molecule has 1 amide bonds. The van der Waals surface area contributed by atoms with Gasteiger partial charge in [-0.05, 0) is 59.8 Å². The summed E-state index contributed by atoms with van der Waals surface area (Å²) in [6, 6.07) is 23.4. The third kappa shape index (κ3) is 4.38. The van der Waals surface area contributed by atoms with Crippen LogP contribution in [0.4, 0.5) is 18.0 Å². The van der Waals surface area contributed by atoms with Crippen LogP contribution < -0.4 is 10.1 Å². The predicted octanol–water partition coefficient (Wildman–Crippen LogP) is 8.31. The summed E-state index contributed by atoms with van der Waals surface area (Å²) in [6.07, 6.45) is -2.30. The number of rotatable bonds is 3. The lowest BCUT2D eigenvalue weighted by atomic mass is 9.96. The number of benzene rings is 3. The van der Waals surface area contributed by atoms with Gasteiger partial charge in [-0.15, -0.1) is 0 Å². The fraction of sp³-hybridized carbons (Fsp3) is 0.133. The van der Waals surface area contributed by atoms with Gasteiger partial charge < -0.3 is 9.15 Å². The van der Waals surface area contributed by atoms with Crippen molar-refractivity contribution in [1.82, 2.24) is 10.3 Å². The molecule has 7 rings (SSSR count). The van der Waals surface area contributed by atoms with Crippen LogP contribution >= 0.6 is 23.4 Å². The minimum absolute atomic E-state index is 0.105. The number of nitrogens with one attached hydrogen (secondary N) is 1. The van der Waals surface area contributed by atoms with E-state index in [1.165, 1.54) is 12.1 Å². The highest BCUT2D eigenvalue weighted by Gasteiger charge is 2.58. The first-order valence-electron chi connectivity index (χ1n) is 12.6. The lowest BCUT2D eigenvalue weighted by Crippen LogP contribution is -2.61. The molecule has 0 saturated carbocycles. The number of thioether (sulfide) groups is 1. The van der Waals surface area contributed by atoms with Crippen molar-refractivity contribution < 1.29 is 27.1 Å². The summed E-state index contributed by atoms with van der Waals surface area (Å²) in [5.41, 5.74) is 2.02. The first-order chi connectivity index (χ1) is 19.7. The Morgan fingerprint density at radius 2 is 1.83 bits per heavy atom. The van der Waals surface area contributed by atoms with E-state index in [-0.39, 0.29) is 27.6 Å². The number of carbonyl (C=O) groups excluding carboxylic acids is 1. The average molecular weight is 594 g/mol. The normalized spacial score (nSPS) is 22.4. The van der Waals surface area contributed by atoms with Crippen molar-refractivity contribution in [2.75, 3.05) is 0 Å². The van der Waals surface area contributed by atoms with Crippen LogP contribution in [0.15, 0.2) is 99.4 Å². The summed E-state index contributed by atoms with van der Waals surface area (Å²) in [4.78, 5) is 13.3. The summed E-state index contributed by atoms with van der Waals surface area (Å²) in [6.45, 7) is 0. The highest BCUT2D eigenvalue weighted by molar-refractivity contribution is 8.17. The van der Waals surface area contributed by atoms with Gasteiger partial charge in [0, 0.05) is 17.5 Å². The second-order valence-electron chi connectivity index (χ2n) is 9.68. The molecule has 2 atom stereocenters. The smallest absolute Gasteiger partial charge is 0.416 e. The molecule has 1 saturated heterocycles. The fourth-order valence-corrected chi connectivity index (χ4v) is 6.36. The molecule has 4 aromatic rings. The molecule has 0 aliphatic carbocycles. The van der Waals surface area contributed by atoms with Crippen LogP contribution in [0.2, 0.25) is 5.02 Å². The number of ether oxygens (including phenoxy) is 1. The number of hydrogen-bond acceptors (Lipinski definition) is 6. The zero-order chi connectivity index (χ0) is 28.4. The maximum Gasteiger partial charge on any atom is 0.416 e. The number of halogens is 4. The zero-order valence-corrected chi connectivity index (χ0v) is 22.6. The standard InChI is InChI=1S/C30H19ClF3N3O3S/c31-22-12-10-18(29(32,33)34)14-21(22)25-13-11-19(39-25)15-27-30(35-28(38)41-27)37-24(20-8-4-5-9-26(20)40-30)16-23(36-37)17-6-2-1-3-7-17/h1-15,24H,16H2,(H,35,38)/b27-15-. The molecule has 41 heavy (non-hydrogen) atoms. The van der Waals surface area contributed by atoms with E-state index >= 15 is 0 Å². The Bertz CT molecular complexity index is 1750. The summed E-state index contributed by atoms with van der Waals surface area (Å²) in [5, 5.41) is 9.45. The first-order valence-corrected chi connectivity index (χ1v) is 13.8. The van der Waals surface area contributed by atoms with Crippen LogP contribution in [-0.2, 0) is 6.18 Å². The van der Waals surface area contributed by atoms with E-state index in [0.717, 1.165) is 40.7 Å². The van der Waals surface area contributed by atoms with E-state index in [9.17, 15) is 18.0 Å². The van der Waals surface area contributed by atoms with E-state index in [2.05, 4.69) is 5.32 Å². The summed E-state index contributed by atoms with van der Waals surface area (Å²) in [7, 11) is 0. The molecule has 3 aromatic carbocycles.